The zero-order chi connectivity index (χ0) is 13.2. The van der Waals surface area contributed by atoms with Crippen molar-refractivity contribution in [2.75, 3.05) is 20.2 Å². The summed E-state index contributed by atoms with van der Waals surface area (Å²) in [6, 6.07) is 8.50. The normalized spacial score (nSPS) is 20.6. The van der Waals surface area contributed by atoms with Crippen LogP contribution >= 0.6 is 0 Å². The number of aliphatic hydroxyl groups excluding tert-OH is 1. The lowest BCUT2D eigenvalue weighted by atomic mass is 10.1. The van der Waals surface area contributed by atoms with Crippen LogP contribution < -0.4 is 4.74 Å². The van der Waals surface area contributed by atoms with Crippen LogP contribution in [-0.4, -0.2) is 36.2 Å². The SMILES string of the molecule is COc1cccc(C(O)CN(CC2CC2)C2CC2)c1. The minimum atomic E-state index is -0.408. The largest absolute Gasteiger partial charge is 0.497 e. The number of ether oxygens (including phenoxy) is 1. The molecule has 2 aliphatic carbocycles. The molecule has 0 spiro atoms. The van der Waals surface area contributed by atoms with E-state index in [0.29, 0.717) is 0 Å². The van der Waals surface area contributed by atoms with Crippen LogP contribution in [0.1, 0.15) is 37.4 Å². The molecule has 2 fully saturated rings. The Balaban J connectivity index is 1.62. The van der Waals surface area contributed by atoms with Crippen LogP contribution in [0.25, 0.3) is 0 Å². The van der Waals surface area contributed by atoms with Gasteiger partial charge in [0.15, 0.2) is 0 Å². The summed E-state index contributed by atoms with van der Waals surface area (Å²) < 4.78 is 5.22. The number of benzene rings is 1. The highest BCUT2D eigenvalue weighted by Crippen LogP contribution is 2.35. The van der Waals surface area contributed by atoms with Crippen molar-refractivity contribution in [3.63, 3.8) is 0 Å². The molecule has 0 aliphatic heterocycles. The molecule has 104 valence electrons. The molecule has 3 rings (SSSR count). The molecule has 0 heterocycles. The Morgan fingerprint density at radius 1 is 1.32 bits per heavy atom. The van der Waals surface area contributed by atoms with E-state index in [9.17, 15) is 5.11 Å². The Morgan fingerprint density at radius 3 is 2.74 bits per heavy atom. The highest BCUT2D eigenvalue weighted by atomic mass is 16.5. The maximum absolute atomic E-state index is 10.4. The summed E-state index contributed by atoms with van der Waals surface area (Å²) in [5.74, 6) is 1.70. The highest BCUT2D eigenvalue weighted by molar-refractivity contribution is 5.30. The van der Waals surface area contributed by atoms with Gasteiger partial charge < -0.3 is 9.84 Å². The Kier molecular flexibility index (Phi) is 3.76. The van der Waals surface area contributed by atoms with Crippen molar-refractivity contribution in [3.8, 4) is 5.75 Å². The fourth-order valence-corrected chi connectivity index (χ4v) is 2.62. The van der Waals surface area contributed by atoms with Gasteiger partial charge in [0.05, 0.1) is 13.2 Å². The van der Waals surface area contributed by atoms with E-state index in [4.69, 9.17) is 4.74 Å². The first-order valence-electron chi connectivity index (χ1n) is 7.32. The minimum absolute atomic E-state index is 0.408. The molecule has 0 saturated heterocycles. The molecule has 2 saturated carbocycles. The van der Waals surface area contributed by atoms with Gasteiger partial charge in [-0.3, -0.25) is 4.90 Å². The fraction of sp³-hybridized carbons (Fsp3) is 0.625. The highest BCUT2D eigenvalue weighted by Gasteiger charge is 2.34. The van der Waals surface area contributed by atoms with E-state index in [2.05, 4.69) is 4.90 Å². The first kappa shape index (κ1) is 12.9. The van der Waals surface area contributed by atoms with Crippen molar-refractivity contribution < 1.29 is 9.84 Å². The molecule has 1 N–H and O–H groups in total. The molecule has 1 aromatic rings. The zero-order valence-electron chi connectivity index (χ0n) is 11.6. The van der Waals surface area contributed by atoms with Gasteiger partial charge >= 0.3 is 0 Å². The lowest BCUT2D eigenvalue weighted by Crippen LogP contribution is -2.32. The maximum atomic E-state index is 10.4. The summed E-state index contributed by atoms with van der Waals surface area (Å²) in [5, 5.41) is 10.4. The van der Waals surface area contributed by atoms with Crippen LogP contribution in [0.3, 0.4) is 0 Å². The van der Waals surface area contributed by atoms with Crippen LogP contribution in [0.2, 0.25) is 0 Å². The number of hydrogen-bond acceptors (Lipinski definition) is 3. The lowest BCUT2D eigenvalue weighted by Gasteiger charge is -2.25. The van der Waals surface area contributed by atoms with E-state index < -0.39 is 6.10 Å². The summed E-state index contributed by atoms with van der Waals surface area (Å²) in [5.41, 5.74) is 0.959. The molecule has 0 amide bonds. The molecular weight excluding hydrogens is 238 g/mol. The third-order valence-corrected chi connectivity index (χ3v) is 4.14. The van der Waals surface area contributed by atoms with E-state index in [-0.39, 0.29) is 0 Å². The first-order chi connectivity index (χ1) is 9.26. The van der Waals surface area contributed by atoms with Gasteiger partial charge in [0, 0.05) is 19.1 Å². The number of hydrogen-bond donors (Lipinski definition) is 1. The number of aliphatic hydroxyl groups is 1. The van der Waals surface area contributed by atoms with Gasteiger partial charge in [0.2, 0.25) is 0 Å². The standard InChI is InChI=1S/C16H23NO2/c1-19-15-4-2-3-13(9-15)16(18)11-17(14-7-8-14)10-12-5-6-12/h2-4,9,12,14,16,18H,5-8,10-11H2,1H3. The molecule has 0 aromatic heterocycles. The molecule has 2 aliphatic rings. The van der Waals surface area contributed by atoms with Crippen molar-refractivity contribution in [3.05, 3.63) is 29.8 Å². The van der Waals surface area contributed by atoms with Crippen LogP contribution in [0.4, 0.5) is 0 Å². The van der Waals surface area contributed by atoms with Gasteiger partial charge in [-0.25, -0.2) is 0 Å². The fourth-order valence-electron chi connectivity index (χ4n) is 2.62. The zero-order valence-corrected chi connectivity index (χ0v) is 11.6. The summed E-state index contributed by atoms with van der Waals surface area (Å²) in [4.78, 5) is 2.49. The molecule has 19 heavy (non-hydrogen) atoms. The predicted octanol–water partition coefficient (Wildman–Crippen LogP) is 2.60. The van der Waals surface area contributed by atoms with E-state index in [1.54, 1.807) is 7.11 Å². The molecule has 1 aromatic carbocycles. The summed E-state index contributed by atoms with van der Waals surface area (Å²) in [6.07, 6.45) is 4.95. The van der Waals surface area contributed by atoms with Crippen LogP contribution in [0.15, 0.2) is 24.3 Å². The van der Waals surface area contributed by atoms with Gasteiger partial charge in [-0.05, 0) is 49.3 Å². The minimum Gasteiger partial charge on any atom is -0.497 e. The topological polar surface area (TPSA) is 32.7 Å². The summed E-state index contributed by atoms with van der Waals surface area (Å²) in [6.45, 7) is 1.93. The third-order valence-electron chi connectivity index (χ3n) is 4.14. The van der Waals surface area contributed by atoms with Gasteiger partial charge in [-0.15, -0.1) is 0 Å². The molecule has 1 unspecified atom stereocenters. The van der Waals surface area contributed by atoms with Gasteiger partial charge in [-0.2, -0.15) is 0 Å². The van der Waals surface area contributed by atoms with Crippen molar-refractivity contribution in [2.24, 2.45) is 5.92 Å². The molecule has 0 radical (unpaired) electrons. The smallest absolute Gasteiger partial charge is 0.119 e. The number of nitrogens with zero attached hydrogens (tertiary/aromatic N) is 1. The second-order valence-electron chi connectivity index (χ2n) is 5.92. The average Bonchev–Trinajstić information content (AvgIpc) is 3.29. The lowest BCUT2D eigenvalue weighted by molar-refractivity contribution is 0.105. The van der Waals surface area contributed by atoms with Crippen molar-refractivity contribution in [1.29, 1.82) is 0 Å². The van der Waals surface area contributed by atoms with E-state index in [0.717, 1.165) is 29.8 Å². The van der Waals surface area contributed by atoms with E-state index >= 15 is 0 Å². The van der Waals surface area contributed by atoms with Crippen molar-refractivity contribution in [1.82, 2.24) is 4.90 Å². The Morgan fingerprint density at radius 2 is 2.11 bits per heavy atom. The Bertz CT molecular complexity index is 427. The van der Waals surface area contributed by atoms with Crippen LogP contribution in [0.5, 0.6) is 5.75 Å². The molecule has 3 nitrogen and oxygen atoms in total. The molecule has 3 heteroatoms. The first-order valence-corrected chi connectivity index (χ1v) is 7.32. The monoisotopic (exact) mass is 261 g/mol. The van der Waals surface area contributed by atoms with Gasteiger partial charge in [0.25, 0.3) is 0 Å². The van der Waals surface area contributed by atoms with Crippen LogP contribution in [-0.2, 0) is 0 Å². The molecule has 0 bridgehead atoms. The predicted molar refractivity (Wildman–Crippen MR) is 75.3 cm³/mol. The number of rotatable bonds is 7. The van der Waals surface area contributed by atoms with E-state index in [1.807, 2.05) is 24.3 Å². The van der Waals surface area contributed by atoms with Crippen LogP contribution in [0, 0.1) is 5.92 Å². The van der Waals surface area contributed by atoms with Crippen molar-refractivity contribution >= 4 is 0 Å². The number of methoxy groups -OCH3 is 1. The Hall–Kier alpha value is -1.06. The second kappa shape index (κ2) is 5.51. The average molecular weight is 261 g/mol. The van der Waals surface area contributed by atoms with Gasteiger partial charge in [-0.1, -0.05) is 12.1 Å². The quantitative estimate of drug-likeness (QED) is 0.819. The van der Waals surface area contributed by atoms with Gasteiger partial charge in [0.1, 0.15) is 5.75 Å². The summed E-state index contributed by atoms with van der Waals surface area (Å²) in [7, 11) is 1.66. The third kappa shape index (κ3) is 3.48. The van der Waals surface area contributed by atoms with E-state index in [1.165, 1.54) is 32.2 Å². The molecule has 1 atom stereocenters. The van der Waals surface area contributed by atoms with Crippen molar-refractivity contribution in [2.45, 2.75) is 37.8 Å². The maximum Gasteiger partial charge on any atom is 0.119 e. The Labute approximate surface area is 115 Å². The molecular formula is C16H23NO2. The summed E-state index contributed by atoms with van der Waals surface area (Å²) >= 11 is 0. The second-order valence-corrected chi connectivity index (χ2v) is 5.92.